The highest BCUT2D eigenvalue weighted by atomic mass is 32.2. The number of nitrogens with two attached hydrogens (primary N) is 1. The van der Waals surface area contributed by atoms with E-state index in [1.807, 2.05) is 0 Å². The second kappa shape index (κ2) is 5.49. The Labute approximate surface area is 106 Å². The summed E-state index contributed by atoms with van der Waals surface area (Å²) in [5.41, 5.74) is 6.26. The molecule has 0 aliphatic heterocycles. The molecule has 0 spiro atoms. The van der Waals surface area contributed by atoms with Crippen LogP contribution in [0.5, 0.6) is 0 Å². The van der Waals surface area contributed by atoms with Crippen LogP contribution in [0.25, 0.3) is 0 Å². The third kappa shape index (κ3) is 3.19. The SMILES string of the molecule is CC1CCCC(Sc2nnccc2C(=N)N)C1. The van der Waals surface area contributed by atoms with Gasteiger partial charge in [-0.05, 0) is 24.8 Å². The number of nitrogen functional groups attached to an aromatic ring is 1. The molecule has 1 aromatic rings. The minimum Gasteiger partial charge on any atom is -0.384 e. The predicted octanol–water partition coefficient (Wildman–Crippen LogP) is 2.43. The zero-order valence-electron chi connectivity index (χ0n) is 10.0. The third-order valence-corrected chi connectivity index (χ3v) is 4.43. The lowest BCUT2D eigenvalue weighted by molar-refractivity contribution is 0.394. The van der Waals surface area contributed by atoms with Gasteiger partial charge in [0.25, 0.3) is 0 Å². The van der Waals surface area contributed by atoms with E-state index in [-0.39, 0.29) is 5.84 Å². The fourth-order valence-electron chi connectivity index (χ4n) is 2.25. The molecule has 17 heavy (non-hydrogen) atoms. The average molecular weight is 250 g/mol. The van der Waals surface area contributed by atoms with Gasteiger partial charge in [-0.25, -0.2) is 0 Å². The van der Waals surface area contributed by atoms with Crippen LogP contribution < -0.4 is 5.73 Å². The van der Waals surface area contributed by atoms with E-state index in [1.165, 1.54) is 25.7 Å². The molecule has 1 saturated carbocycles. The topological polar surface area (TPSA) is 75.7 Å². The molecule has 0 radical (unpaired) electrons. The Bertz CT molecular complexity index is 407. The number of amidine groups is 1. The summed E-state index contributed by atoms with van der Waals surface area (Å²) in [6.07, 6.45) is 6.65. The summed E-state index contributed by atoms with van der Waals surface area (Å²) in [4.78, 5) is 0. The van der Waals surface area contributed by atoms with Gasteiger partial charge in [-0.3, -0.25) is 5.41 Å². The Morgan fingerprint density at radius 3 is 3.06 bits per heavy atom. The molecular weight excluding hydrogens is 232 g/mol. The molecule has 1 aliphatic rings. The Balaban J connectivity index is 2.10. The molecule has 1 aliphatic carbocycles. The fraction of sp³-hybridized carbons (Fsp3) is 0.583. The summed E-state index contributed by atoms with van der Waals surface area (Å²) in [5, 5.41) is 16.9. The van der Waals surface area contributed by atoms with Gasteiger partial charge in [0.2, 0.25) is 0 Å². The monoisotopic (exact) mass is 250 g/mol. The first-order valence-electron chi connectivity index (χ1n) is 5.99. The van der Waals surface area contributed by atoms with Gasteiger partial charge in [0.1, 0.15) is 10.9 Å². The molecule has 1 aromatic heterocycles. The van der Waals surface area contributed by atoms with E-state index < -0.39 is 0 Å². The molecule has 0 saturated heterocycles. The number of rotatable bonds is 3. The molecule has 0 amide bonds. The standard InChI is InChI=1S/C12H18N4S/c1-8-3-2-4-9(7-8)17-12-10(11(13)14)5-6-15-16-12/h5-6,8-9H,2-4,7H2,1H3,(H3,13,14). The van der Waals surface area contributed by atoms with Gasteiger partial charge in [-0.15, -0.1) is 16.9 Å². The quantitative estimate of drug-likeness (QED) is 0.638. The minimum absolute atomic E-state index is 0.0752. The van der Waals surface area contributed by atoms with Crippen LogP contribution in [0.2, 0.25) is 0 Å². The van der Waals surface area contributed by atoms with Gasteiger partial charge >= 0.3 is 0 Å². The van der Waals surface area contributed by atoms with E-state index in [1.54, 1.807) is 24.0 Å². The maximum atomic E-state index is 7.53. The van der Waals surface area contributed by atoms with Crippen LogP contribution in [0.3, 0.4) is 0 Å². The highest BCUT2D eigenvalue weighted by Gasteiger charge is 2.21. The van der Waals surface area contributed by atoms with Crippen molar-refractivity contribution < 1.29 is 0 Å². The molecule has 2 atom stereocenters. The summed E-state index contributed by atoms with van der Waals surface area (Å²) in [6, 6.07) is 1.77. The summed E-state index contributed by atoms with van der Waals surface area (Å²) in [5.74, 6) is 0.866. The van der Waals surface area contributed by atoms with Crippen LogP contribution in [0, 0.1) is 11.3 Å². The molecule has 1 heterocycles. The van der Waals surface area contributed by atoms with Gasteiger partial charge < -0.3 is 5.73 Å². The molecule has 1 fully saturated rings. The predicted molar refractivity (Wildman–Crippen MR) is 70.3 cm³/mol. The normalized spacial score (nSPS) is 24.5. The lowest BCUT2D eigenvalue weighted by Crippen LogP contribution is -2.18. The molecule has 2 unspecified atom stereocenters. The molecule has 2 rings (SSSR count). The lowest BCUT2D eigenvalue weighted by atomic mass is 9.91. The van der Waals surface area contributed by atoms with Crippen molar-refractivity contribution in [1.82, 2.24) is 10.2 Å². The Morgan fingerprint density at radius 1 is 1.53 bits per heavy atom. The van der Waals surface area contributed by atoms with Crippen molar-refractivity contribution in [3.05, 3.63) is 17.8 Å². The van der Waals surface area contributed by atoms with Crippen LogP contribution in [0.4, 0.5) is 0 Å². The van der Waals surface area contributed by atoms with Crippen molar-refractivity contribution in [3.8, 4) is 0 Å². The Morgan fingerprint density at radius 2 is 2.35 bits per heavy atom. The summed E-state index contributed by atoms with van der Waals surface area (Å²) in [7, 11) is 0. The van der Waals surface area contributed by atoms with Crippen molar-refractivity contribution in [3.63, 3.8) is 0 Å². The van der Waals surface area contributed by atoms with Gasteiger partial charge in [0.15, 0.2) is 0 Å². The first kappa shape index (κ1) is 12.4. The van der Waals surface area contributed by atoms with Gasteiger partial charge in [0, 0.05) is 5.25 Å². The van der Waals surface area contributed by atoms with Crippen molar-refractivity contribution >= 4 is 17.6 Å². The van der Waals surface area contributed by atoms with Crippen LogP contribution in [0.15, 0.2) is 17.3 Å². The number of hydrogen-bond acceptors (Lipinski definition) is 4. The van der Waals surface area contributed by atoms with Crippen molar-refractivity contribution in [2.24, 2.45) is 11.7 Å². The maximum absolute atomic E-state index is 7.53. The largest absolute Gasteiger partial charge is 0.384 e. The van der Waals surface area contributed by atoms with Gasteiger partial charge in [-0.2, -0.15) is 5.10 Å². The molecule has 0 aromatic carbocycles. The number of nitrogens with zero attached hydrogens (tertiary/aromatic N) is 2. The van der Waals surface area contributed by atoms with Crippen LogP contribution >= 0.6 is 11.8 Å². The second-order valence-electron chi connectivity index (χ2n) is 4.68. The van der Waals surface area contributed by atoms with E-state index in [0.717, 1.165) is 10.9 Å². The lowest BCUT2D eigenvalue weighted by Gasteiger charge is -2.26. The Kier molecular flexibility index (Phi) is 3.99. The van der Waals surface area contributed by atoms with E-state index >= 15 is 0 Å². The zero-order chi connectivity index (χ0) is 12.3. The van der Waals surface area contributed by atoms with Crippen molar-refractivity contribution in [1.29, 1.82) is 5.41 Å². The second-order valence-corrected chi connectivity index (χ2v) is 5.96. The Hall–Kier alpha value is -1.10. The summed E-state index contributed by atoms with van der Waals surface area (Å²) in [6.45, 7) is 2.30. The third-order valence-electron chi connectivity index (χ3n) is 3.14. The molecular formula is C12H18N4S. The molecule has 4 nitrogen and oxygen atoms in total. The maximum Gasteiger partial charge on any atom is 0.130 e. The van der Waals surface area contributed by atoms with Crippen molar-refractivity contribution in [2.45, 2.75) is 42.9 Å². The molecule has 92 valence electrons. The first-order valence-corrected chi connectivity index (χ1v) is 6.87. The number of aromatic nitrogens is 2. The van der Waals surface area contributed by atoms with Crippen molar-refractivity contribution in [2.75, 3.05) is 0 Å². The highest BCUT2D eigenvalue weighted by Crippen LogP contribution is 2.36. The minimum atomic E-state index is 0.0752. The van der Waals surface area contributed by atoms with Crippen LogP contribution in [0.1, 0.15) is 38.2 Å². The smallest absolute Gasteiger partial charge is 0.130 e. The summed E-state index contributed by atoms with van der Waals surface area (Å²) < 4.78 is 0. The average Bonchev–Trinajstić information content (AvgIpc) is 2.29. The van der Waals surface area contributed by atoms with Gasteiger partial charge in [0.05, 0.1) is 11.8 Å². The van der Waals surface area contributed by atoms with E-state index in [2.05, 4.69) is 17.1 Å². The van der Waals surface area contributed by atoms with E-state index in [0.29, 0.717) is 10.8 Å². The molecule has 0 bridgehead atoms. The zero-order valence-corrected chi connectivity index (χ0v) is 10.8. The number of thioether (sulfide) groups is 1. The number of nitrogens with one attached hydrogen (secondary N) is 1. The highest BCUT2D eigenvalue weighted by molar-refractivity contribution is 7.99. The van der Waals surface area contributed by atoms with Crippen LogP contribution in [-0.4, -0.2) is 21.3 Å². The molecule has 3 N–H and O–H groups in total. The number of hydrogen-bond donors (Lipinski definition) is 2. The molecule has 5 heteroatoms. The van der Waals surface area contributed by atoms with E-state index in [9.17, 15) is 0 Å². The van der Waals surface area contributed by atoms with E-state index in [4.69, 9.17) is 11.1 Å². The van der Waals surface area contributed by atoms with Gasteiger partial charge in [-0.1, -0.05) is 19.8 Å². The first-order chi connectivity index (χ1) is 8.16. The van der Waals surface area contributed by atoms with Crippen LogP contribution in [-0.2, 0) is 0 Å². The fourth-order valence-corrected chi connectivity index (χ4v) is 3.68. The summed E-state index contributed by atoms with van der Waals surface area (Å²) >= 11 is 1.73.